The number of unbranched alkanes of at least 4 members (excludes halogenated alkanes) is 3. The molecule has 14 heteroatoms. The highest BCUT2D eigenvalue weighted by molar-refractivity contribution is 8.33. The Labute approximate surface area is 277 Å². The van der Waals surface area contributed by atoms with Gasteiger partial charge in [-0.15, -0.1) is 0 Å². The number of rotatable bonds is 17. The lowest BCUT2D eigenvalue weighted by Gasteiger charge is -2.43. The summed E-state index contributed by atoms with van der Waals surface area (Å²) in [4.78, 5) is -0.0381. The highest BCUT2D eigenvalue weighted by Gasteiger charge is 2.86. The largest absolute Gasteiger partial charge is 0.460 e. The molecule has 3 nitrogen and oxygen atoms in total. The number of alkyl halides is 9. The van der Waals surface area contributed by atoms with Crippen molar-refractivity contribution in [3.05, 3.63) is 89.5 Å². The van der Waals surface area contributed by atoms with Gasteiger partial charge in [-0.2, -0.15) is 47.9 Å². The molecule has 0 radical (unpaired) electrons. The van der Waals surface area contributed by atoms with Gasteiger partial charge < -0.3 is 0 Å². The van der Waals surface area contributed by atoms with Crippen molar-refractivity contribution in [1.29, 1.82) is 0 Å². The molecule has 0 amide bonds. The van der Waals surface area contributed by atoms with E-state index in [1.54, 1.807) is 12.1 Å². The highest BCUT2D eigenvalue weighted by atomic mass is 32.3. The van der Waals surface area contributed by atoms with Crippen LogP contribution in [0.2, 0.25) is 0 Å². The second-order valence-electron chi connectivity index (χ2n) is 11.4. The summed E-state index contributed by atoms with van der Waals surface area (Å²) in [6, 6.07) is 17.6. The molecular formula is C34H39F9O3S2. The monoisotopic (exact) mass is 730 g/mol. The van der Waals surface area contributed by atoms with Crippen LogP contribution in [0.25, 0.3) is 0 Å². The Bertz CT molecular complexity index is 1530. The summed E-state index contributed by atoms with van der Waals surface area (Å²) in [6.07, 6.45) is -2.04. The van der Waals surface area contributed by atoms with E-state index in [9.17, 15) is 39.2 Å². The molecular weight excluding hydrogens is 691 g/mol. The fourth-order valence-electron chi connectivity index (χ4n) is 5.23. The van der Waals surface area contributed by atoms with E-state index in [1.165, 1.54) is 60.7 Å². The van der Waals surface area contributed by atoms with E-state index < -0.39 is 43.7 Å². The van der Waals surface area contributed by atoms with E-state index >= 15 is 8.78 Å². The van der Waals surface area contributed by atoms with E-state index in [2.05, 4.69) is 0 Å². The third-order valence-corrected chi connectivity index (χ3v) is 13.2. The van der Waals surface area contributed by atoms with Crippen LogP contribution in [0.1, 0.15) is 76.0 Å². The lowest BCUT2D eigenvalue weighted by Crippen LogP contribution is -2.63. The summed E-state index contributed by atoms with van der Waals surface area (Å²) in [5, 5.41) is -7.03. The van der Waals surface area contributed by atoms with Crippen LogP contribution in [0.4, 0.5) is 39.5 Å². The summed E-state index contributed by atoms with van der Waals surface area (Å²) < 4.78 is 160. The van der Waals surface area contributed by atoms with Crippen LogP contribution >= 0.6 is 10.3 Å². The molecule has 48 heavy (non-hydrogen) atoms. The minimum atomic E-state index is -7.45. The van der Waals surface area contributed by atoms with E-state index in [4.69, 9.17) is 3.63 Å². The molecule has 0 aliphatic heterocycles. The van der Waals surface area contributed by atoms with E-state index in [0.717, 1.165) is 18.4 Å². The molecule has 0 unspecified atom stereocenters. The molecule has 0 spiro atoms. The van der Waals surface area contributed by atoms with Crippen molar-refractivity contribution in [2.75, 3.05) is 0 Å². The first-order valence-electron chi connectivity index (χ1n) is 15.6. The molecule has 3 aromatic rings. The van der Waals surface area contributed by atoms with Crippen LogP contribution in [0.15, 0.2) is 87.5 Å². The van der Waals surface area contributed by atoms with Gasteiger partial charge in [-0.25, -0.2) is 3.63 Å². The van der Waals surface area contributed by atoms with Gasteiger partial charge in [0.15, 0.2) is 0 Å². The van der Waals surface area contributed by atoms with Crippen LogP contribution in [0, 0.1) is 0 Å². The van der Waals surface area contributed by atoms with Crippen molar-refractivity contribution < 1.29 is 51.6 Å². The first-order chi connectivity index (χ1) is 22.4. The standard InChI is InChI=1S/C34H39F9O3S2/c1-4-7-16-25-23-26(17-8-5-2)30(27(24-25)18-9-6-3)47(28-19-12-10-13-20-28,29-21-14-11-15-22-29)46-48(44,45)34(42,43)32(37,38)31(35,36)33(39,40)41/h10-15,19-24H,4-9,16-18H2,1-3H3. The molecule has 0 saturated carbocycles. The quantitative estimate of drug-likeness (QED) is 0.130. The molecule has 0 N–H and O–H groups in total. The molecule has 0 aliphatic rings. The molecule has 3 aromatic carbocycles. The second-order valence-corrected chi connectivity index (χ2v) is 15.9. The van der Waals surface area contributed by atoms with Crippen LogP contribution in [0.5, 0.6) is 0 Å². The summed E-state index contributed by atoms with van der Waals surface area (Å²) in [6.45, 7) is 5.76. The highest BCUT2D eigenvalue weighted by Crippen LogP contribution is 2.73. The third-order valence-electron chi connectivity index (χ3n) is 7.78. The molecule has 0 aliphatic carbocycles. The van der Waals surface area contributed by atoms with Gasteiger partial charge in [-0.3, -0.25) is 0 Å². The van der Waals surface area contributed by atoms with Crippen molar-refractivity contribution in [3.8, 4) is 0 Å². The summed E-state index contributed by atoms with van der Waals surface area (Å²) in [5.41, 5.74) is 1.81. The average Bonchev–Trinajstić information content (AvgIpc) is 3.04. The zero-order valence-corrected chi connectivity index (χ0v) is 28.4. The number of benzene rings is 3. The lowest BCUT2D eigenvalue weighted by atomic mass is 9.96. The third kappa shape index (κ3) is 7.55. The normalized spacial score (nSPS) is 13.9. The van der Waals surface area contributed by atoms with E-state index in [1.807, 2.05) is 20.8 Å². The maximum absolute atomic E-state index is 15.5. The average molecular weight is 731 g/mol. The maximum Gasteiger partial charge on any atom is 0.460 e. The molecule has 0 heterocycles. The van der Waals surface area contributed by atoms with Crippen LogP contribution in [-0.4, -0.2) is 31.7 Å². The molecule has 0 fully saturated rings. The van der Waals surface area contributed by atoms with Crippen LogP contribution in [0.3, 0.4) is 0 Å². The Morgan fingerprint density at radius 3 is 1.35 bits per heavy atom. The molecule has 268 valence electrons. The number of halogens is 9. The van der Waals surface area contributed by atoms with Crippen LogP contribution in [-0.2, 0) is 33.0 Å². The Hall–Kier alpha value is -2.71. The van der Waals surface area contributed by atoms with Crippen molar-refractivity contribution >= 4 is 20.4 Å². The SMILES string of the molecule is CCCCc1cc(CCCC)c(S(OS(=O)(=O)C(F)(F)C(F)(F)C(F)(F)C(F)(F)F)(c2ccccc2)c2ccccc2)c(CCCC)c1. The first kappa shape index (κ1) is 39.7. The van der Waals surface area contributed by atoms with Gasteiger partial charge in [0.25, 0.3) is 0 Å². The molecule has 0 saturated heterocycles. The summed E-state index contributed by atoms with van der Waals surface area (Å²) in [7, 11) is -11.4. The maximum atomic E-state index is 15.5. The zero-order chi connectivity index (χ0) is 36.0. The van der Waals surface area contributed by atoms with Gasteiger partial charge >= 0.3 is 33.4 Å². The smallest absolute Gasteiger partial charge is 0.202 e. The molecule has 0 bridgehead atoms. The Kier molecular flexibility index (Phi) is 12.8. The van der Waals surface area contributed by atoms with Gasteiger partial charge in [-0.05, 0) is 89.8 Å². The predicted octanol–water partition coefficient (Wildman–Crippen LogP) is 11.7. The topological polar surface area (TPSA) is 43.4 Å². The Morgan fingerprint density at radius 2 is 0.979 bits per heavy atom. The Balaban J connectivity index is 2.56. The van der Waals surface area contributed by atoms with Crippen molar-refractivity contribution in [1.82, 2.24) is 0 Å². The van der Waals surface area contributed by atoms with Gasteiger partial charge in [0.1, 0.15) is 0 Å². The number of aryl methyl sites for hydroxylation is 3. The fourth-order valence-corrected chi connectivity index (χ4v) is 10.9. The number of hydrogen-bond acceptors (Lipinski definition) is 3. The summed E-state index contributed by atoms with van der Waals surface area (Å²) >= 11 is 0. The minimum Gasteiger partial charge on any atom is -0.202 e. The van der Waals surface area contributed by atoms with E-state index in [-0.39, 0.29) is 27.5 Å². The van der Waals surface area contributed by atoms with E-state index in [0.29, 0.717) is 43.2 Å². The lowest BCUT2D eigenvalue weighted by molar-refractivity contribution is -0.382. The van der Waals surface area contributed by atoms with Crippen molar-refractivity contribution in [3.63, 3.8) is 0 Å². The predicted molar refractivity (Wildman–Crippen MR) is 168 cm³/mol. The van der Waals surface area contributed by atoms with Crippen molar-refractivity contribution in [2.24, 2.45) is 0 Å². The first-order valence-corrected chi connectivity index (χ1v) is 18.6. The Morgan fingerprint density at radius 1 is 0.583 bits per heavy atom. The zero-order valence-electron chi connectivity index (χ0n) is 26.7. The fraction of sp³-hybridized carbons (Fsp3) is 0.471. The summed E-state index contributed by atoms with van der Waals surface area (Å²) in [5.74, 6) is -14.9. The second kappa shape index (κ2) is 15.5. The van der Waals surface area contributed by atoms with Gasteiger partial charge in [0.05, 0.1) is 0 Å². The van der Waals surface area contributed by atoms with Gasteiger partial charge in [0, 0.05) is 14.7 Å². The molecule has 3 rings (SSSR count). The van der Waals surface area contributed by atoms with Crippen molar-refractivity contribution in [2.45, 2.75) is 117 Å². The number of hydrogen-bond donors (Lipinski definition) is 0. The van der Waals surface area contributed by atoms with Crippen LogP contribution < -0.4 is 0 Å². The van der Waals surface area contributed by atoms with Gasteiger partial charge in [-0.1, -0.05) is 88.6 Å². The minimum absolute atomic E-state index is 0.0710. The van der Waals surface area contributed by atoms with Gasteiger partial charge in [0.2, 0.25) is 0 Å². The molecule has 0 atom stereocenters. The molecule has 0 aromatic heterocycles.